The number of aliphatic carboxylic acids is 1. The van der Waals surface area contributed by atoms with Gasteiger partial charge in [-0.25, -0.2) is 9.36 Å². The van der Waals surface area contributed by atoms with Crippen LogP contribution in [0.25, 0.3) is 0 Å². The van der Waals surface area contributed by atoms with Gasteiger partial charge in [0.1, 0.15) is 12.6 Å². The summed E-state index contributed by atoms with van der Waals surface area (Å²) in [6.07, 6.45) is 46.0. The number of phosphoric ester groups is 1. The fourth-order valence-corrected chi connectivity index (χ4v) is 5.98. The highest BCUT2D eigenvalue weighted by Crippen LogP contribution is 2.43. The van der Waals surface area contributed by atoms with Crippen LogP contribution in [0.4, 0.5) is 0 Å². The highest BCUT2D eigenvalue weighted by Gasteiger charge is 2.27. The summed E-state index contributed by atoms with van der Waals surface area (Å²) in [7, 11) is -4.75. The summed E-state index contributed by atoms with van der Waals surface area (Å²) < 4.78 is 32.4. The predicted octanol–water partition coefficient (Wildman–Crippen LogP) is 10.9. The summed E-state index contributed by atoms with van der Waals surface area (Å²) in [6, 6.07) is -1.54. The maximum Gasteiger partial charge on any atom is 0.472 e. The topological polar surface area (TPSA) is 172 Å². The van der Waals surface area contributed by atoms with Crippen LogP contribution in [0.3, 0.4) is 0 Å². The van der Waals surface area contributed by atoms with E-state index in [9.17, 15) is 23.8 Å². The fourth-order valence-electron chi connectivity index (χ4n) is 5.20. The molecule has 0 aliphatic carbocycles. The van der Waals surface area contributed by atoms with Crippen molar-refractivity contribution in [2.24, 2.45) is 5.73 Å². The molecule has 320 valence electrons. The van der Waals surface area contributed by atoms with Crippen molar-refractivity contribution in [1.29, 1.82) is 0 Å². The van der Waals surface area contributed by atoms with Gasteiger partial charge in [-0.3, -0.25) is 18.6 Å². The lowest BCUT2D eigenvalue weighted by Crippen LogP contribution is -2.34. The lowest BCUT2D eigenvalue weighted by atomic mass is 10.1. The van der Waals surface area contributed by atoms with E-state index in [0.717, 1.165) is 57.8 Å². The van der Waals surface area contributed by atoms with Crippen LogP contribution >= 0.6 is 7.82 Å². The zero-order valence-electron chi connectivity index (χ0n) is 34.4. The minimum absolute atomic E-state index is 0.161. The van der Waals surface area contributed by atoms with Crippen molar-refractivity contribution in [1.82, 2.24) is 0 Å². The van der Waals surface area contributed by atoms with Gasteiger partial charge in [0, 0.05) is 12.5 Å². The Balaban J connectivity index is 4.56. The molecule has 0 aliphatic heterocycles. The van der Waals surface area contributed by atoms with Crippen molar-refractivity contribution in [2.75, 3.05) is 19.8 Å². The molecule has 0 saturated heterocycles. The number of rotatable bonds is 38. The molecule has 0 heterocycles. The van der Waals surface area contributed by atoms with Crippen LogP contribution in [-0.2, 0) is 37.5 Å². The average Bonchev–Trinajstić information content (AvgIpc) is 3.17. The van der Waals surface area contributed by atoms with Gasteiger partial charge in [-0.2, -0.15) is 0 Å². The van der Waals surface area contributed by atoms with Crippen molar-refractivity contribution < 1.29 is 47.5 Å². The molecule has 0 saturated carbocycles. The molecule has 3 atom stereocenters. The SMILES string of the molecule is CCC/C=C/C/C=C/C/C=C/C/C=C/CCCCCC(=O)OC[C@H](COP(=O)(O)OC[C@H](N)C(=O)O)OC(=O)/C=C/C=C/CCCCCCCCCCCCC. The Morgan fingerprint density at radius 2 is 1.11 bits per heavy atom. The van der Waals surface area contributed by atoms with Crippen LogP contribution in [0.15, 0.2) is 72.9 Å². The first-order chi connectivity index (χ1) is 27.1. The number of hydrogen-bond donors (Lipinski definition) is 3. The van der Waals surface area contributed by atoms with E-state index in [1.165, 1.54) is 82.8 Å². The Hall–Kier alpha value is -3.08. The first kappa shape index (κ1) is 52.9. The third-order valence-corrected chi connectivity index (χ3v) is 9.47. The van der Waals surface area contributed by atoms with Gasteiger partial charge in [0.05, 0.1) is 13.2 Å². The number of carbonyl (C=O) groups is 3. The van der Waals surface area contributed by atoms with Gasteiger partial charge in [-0.1, -0.05) is 158 Å². The van der Waals surface area contributed by atoms with E-state index in [4.69, 9.17) is 24.8 Å². The van der Waals surface area contributed by atoms with Crippen LogP contribution in [0, 0.1) is 0 Å². The summed E-state index contributed by atoms with van der Waals surface area (Å²) in [5, 5.41) is 8.87. The standard InChI is InChI=1S/C44H74NO10P/c1-3-5-7-9-11-13-15-17-19-20-22-23-25-27-29-31-33-35-42(46)52-37-40(38-53-56(50,51)54-39-41(45)44(48)49)55-43(47)36-34-32-30-28-26-24-21-18-16-14-12-10-8-6-4-2/h7,9,13,15,19-20,23,25,30,32,34,36,40-41H,3-6,8,10-12,14,16-18,21-22,24,26-29,31,33,35,37-39,45H2,1-2H3,(H,48,49)(H,50,51)/b9-7+,15-13+,20-19+,25-23+,32-30+,36-34+/t40-,41+/m1/s1. The largest absolute Gasteiger partial charge is 0.480 e. The van der Waals surface area contributed by atoms with Gasteiger partial charge in [0.25, 0.3) is 0 Å². The Bertz CT molecular complexity index is 1230. The van der Waals surface area contributed by atoms with Gasteiger partial charge < -0.3 is 25.2 Å². The summed E-state index contributed by atoms with van der Waals surface area (Å²) in [5.41, 5.74) is 5.32. The molecule has 0 aromatic carbocycles. The second kappa shape index (κ2) is 38.8. The summed E-state index contributed by atoms with van der Waals surface area (Å²) in [5.74, 6) is -2.69. The molecule has 11 nitrogen and oxygen atoms in total. The van der Waals surface area contributed by atoms with E-state index in [1.807, 2.05) is 6.08 Å². The molecule has 0 spiro atoms. The Kier molecular flexibility index (Phi) is 36.6. The molecular formula is C44H74NO10P. The molecule has 0 aromatic heterocycles. The van der Waals surface area contributed by atoms with E-state index in [1.54, 1.807) is 6.08 Å². The maximum absolute atomic E-state index is 12.5. The number of carbonyl (C=O) groups excluding carboxylic acids is 2. The van der Waals surface area contributed by atoms with Gasteiger partial charge in [0.15, 0.2) is 6.10 Å². The summed E-state index contributed by atoms with van der Waals surface area (Å²) in [4.78, 5) is 45.8. The molecule has 0 aromatic rings. The number of phosphoric acid groups is 1. The molecule has 56 heavy (non-hydrogen) atoms. The van der Waals surface area contributed by atoms with E-state index < -0.39 is 57.7 Å². The second-order valence-electron chi connectivity index (χ2n) is 13.8. The Morgan fingerprint density at radius 3 is 1.68 bits per heavy atom. The minimum Gasteiger partial charge on any atom is -0.480 e. The quantitative estimate of drug-likeness (QED) is 0.0135. The molecule has 12 heteroatoms. The lowest BCUT2D eigenvalue weighted by Gasteiger charge is -2.19. The molecule has 0 bridgehead atoms. The fraction of sp³-hybridized carbons (Fsp3) is 0.659. The number of carboxylic acid groups (broad SMARTS) is 1. The third kappa shape index (κ3) is 37.8. The Morgan fingerprint density at radius 1 is 0.607 bits per heavy atom. The Labute approximate surface area is 338 Å². The monoisotopic (exact) mass is 808 g/mol. The van der Waals surface area contributed by atoms with Gasteiger partial charge in [-0.05, 0) is 57.8 Å². The zero-order valence-corrected chi connectivity index (χ0v) is 35.3. The summed E-state index contributed by atoms with van der Waals surface area (Å²) >= 11 is 0. The normalized spacial score (nSPS) is 14.5. The molecule has 0 fully saturated rings. The minimum atomic E-state index is -4.75. The highest BCUT2D eigenvalue weighted by atomic mass is 31.2. The van der Waals surface area contributed by atoms with Crippen molar-refractivity contribution >= 4 is 25.7 Å². The molecule has 4 N–H and O–H groups in total. The molecular weight excluding hydrogens is 733 g/mol. The van der Waals surface area contributed by atoms with Gasteiger partial charge in [-0.15, -0.1) is 0 Å². The predicted molar refractivity (Wildman–Crippen MR) is 226 cm³/mol. The van der Waals surface area contributed by atoms with Crippen LogP contribution < -0.4 is 5.73 Å². The van der Waals surface area contributed by atoms with Crippen molar-refractivity contribution in [2.45, 2.75) is 167 Å². The smallest absolute Gasteiger partial charge is 0.472 e. The highest BCUT2D eigenvalue weighted by molar-refractivity contribution is 7.47. The third-order valence-electron chi connectivity index (χ3n) is 8.52. The van der Waals surface area contributed by atoms with E-state index in [2.05, 4.69) is 67.0 Å². The number of hydrogen-bond acceptors (Lipinski definition) is 9. The number of esters is 2. The van der Waals surface area contributed by atoms with Crippen LogP contribution in [0.2, 0.25) is 0 Å². The number of ether oxygens (including phenoxy) is 2. The van der Waals surface area contributed by atoms with E-state index in [0.29, 0.717) is 6.42 Å². The van der Waals surface area contributed by atoms with Crippen LogP contribution in [-0.4, -0.2) is 59.9 Å². The molecule has 0 rings (SSSR count). The number of allylic oxidation sites excluding steroid dienone is 11. The van der Waals surface area contributed by atoms with Gasteiger partial charge >= 0.3 is 25.7 Å². The maximum atomic E-state index is 12.5. The summed E-state index contributed by atoms with van der Waals surface area (Å²) in [6.45, 7) is 2.57. The van der Waals surface area contributed by atoms with Crippen molar-refractivity contribution in [3.8, 4) is 0 Å². The molecule has 1 unspecified atom stereocenters. The molecule has 0 aliphatic rings. The van der Waals surface area contributed by atoms with Crippen LogP contribution in [0.1, 0.15) is 155 Å². The number of unbranched alkanes of at least 4 members (excludes halogenated alkanes) is 15. The first-order valence-corrected chi connectivity index (χ1v) is 22.5. The second-order valence-corrected chi connectivity index (χ2v) is 15.3. The van der Waals surface area contributed by atoms with Gasteiger partial charge in [0.2, 0.25) is 0 Å². The average molecular weight is 808 g/mol. The van der Waals surface area contributed by atoms with Crippen molar-refractivity contribution in [3.63, 3.8) is 0 Å². The van der Waals surface area contributed by atoms with E-state index >= 15 is 0 Å². The molecule has 0 radical (unpaired) electrons. The number of nitrogens with two attached hydrogens (primary N) is 1. The molecule has 0 amide bonds. The zero-order chi connectivity index (χ0) is 41.4. The van der Waals surface area contributed by atoms with Crippen LogP contribution in [0.5, 0.6) is 0 Å². The van der Waals surface area contributed by atoms with E-state index in [-0.39, 0.29) is 6.42 Å². The lowest BCUT2D eigenvalue weighted by molar-refractivity contribution is -0.157. The van der Waals surface area contributed by atoms with Crippen molar-refractivity contribution in [3.05, 3.63) is 72.9 Å². The number of carboxylic acids is 1. The first-order valence-electron chi connectivity index (χ1n) is 21.0.